The number of anilines is 1. The molecular weight excluding hydrogens is 181 g/mol. The molecule has 0 aliphatic rings. The van der Waals surface area contributed by atoms with Crippen molar-refractivity contribution in [3.63, 3.8) is 0 Å². The van der Waals surface area contributed by atoms with Crippen molar-refractivity contribution in [3.05, 3.63) is 23.8 Å². The predicted molar refractivity (Wildman–Crippen MR) is 72.2 cm³/mol. The highest BCUT2D eigenvalue weighted by atomic mass is 15.1. The quantitative estimate of drug-likeness (QED) is 0.660. The third-order valence-corrected chi connectivity index (χ3v) is 2.86. The van der Waals surface area contributed by atoms with Crippen LogP contribution < -0.4 is 10.4 Å². The SMILES string of the molecule is Bc1ccc(N(CC)CCCC)c(C)c1. The second kappa shape index (κ2) is 5.84. The molecule has 2 heteroatoms. The number of rotatable bonds is 5. The van der Waals surface area contributed by atoms with Crippen LogP contribution in [0.3, 0.4) is 0 Å². The van der Waals surface area contributed by atoms with E-state index in [0.29, 0.717) is 0 Å². The zero-order valence-corrected chi connectivity index (χ0v) is 10.5. The van der Waals surface area contributed by atoms with Crippen molar-refractivity contribution >= 4 is 19.0 Å². The van der Waals surface area contributed by atoms with Gasteiger partial charge in [0.05, 0.1) is 0 Å². The lowest BCUT2D eigenvalue weighted by atomic mass is 9.94. The Morgan fingerprint density at radius 1 is 1.27 bits per heavy atom. The van der Waals surface area contributed by atoms with Crippen molar-refractivity contribution in [2.24, 2.45) is 0 Å². The van der Waals surface area contributed by atoms with E-state index in [9.17, 15) is 0 Å². The molecule has 0 heterocycles. The van der Waals surface area contributed by atoms with Crippen LogP contribution in [0.15, 0.2) is 18.2 Å². The fourth-order valence-electron chi connectivity index (χ4n) is 1.96. The summed E-state index contributed by atoms with van der Waals surface area (Å²) in [6.07, 6.45) is 2.54. The van der Waals surface area contributed by atoms with Gasteiger partial charge in [-0.05, 0) is 31.9 Å². The van der Waals surface area contributed by atoms with E-state index in [1.54, 1.807) is 0 Å². The zero-order valence-electron chi connectivity index (χ0n) is 10.5. The minimum absolute atomic E-state index is 1.10. The first kappa shape index (κ1) is 12.2. The van der Waals surface area contributed by atoms with Crippen molar-refractivity contribution in [3.8, 4) is 0 Å². The van der Waals surface area contributed by atoms with Crippen LogP contribution in [0.4, 0.5) is 5.69 Å². The van der Waals surface area contributed by atoms with Gasteiger partial charge in [0.15, 0.2) is 0 Å². The minimum Gasteiger partial charge on any atom is -0.372 e. The molecule has 0 bridgehead atoms. The molecule has 1 aromatic carbocycles. The van der Waals surface area contributed by atoms with E-state index in [2.05, 4.69) is 51.7 Å². The maximum atomic E-state index is 2.47. The van der Waals surface area contributed by atoms with Crippen LogP contribution in [0.2, 0.25) is 0 Å². The van der Waals surface area contributed by atoms with Crippen LogP contribution in [0, 0.1) is 6.92 Å². The molecule has 1 rings (SSSR count). The predicted octanol–water partition coefficient (Wildman–Crippen LogP) is 1.88. The molecule has 0 N–H and O–H groups in total. The maximum Gasteiger partial charge on any atom is 0.139 e. The second-order valence-electron chi connectivity index (χ2n) is 4.22. The van der Waals surface area contributed by atoms with Crippen LogP contribution in [0.5, 0.6) is 0 Å². The summed E-state index contributed by atoms with van der Waals surface area (Å²) in [6.45, 7) is 8.96. The number of unbranched alkanes of at least 4 members (excludes halogenated alkanes) is 1. The average molecular weight is 203 g/mol. The van der Waals surface area contributed by atoms with Crippen LogP contribution in [0.1, 0.15) is 32.3 Å². The highest BCUT2D eigenvalue weighted by molar-refractivity contribution is 6.32. The maximum absolute atomic E-state index is 2.47. The number of benzene rings is 1. The monoisotopic (exact) mass is 203 g/mol. The molecule has 0 fully saturated rings. The lowest BCUT2D eigenvalue weighted by Crippen LogP contribution is -2.25. The van der Waals surface area contributed by atoms with E-state index in [1.165, 1.54) is 36.1 Å². The molecule has 0 atom stereocenters. The summed E-state index contributed by atoms with van der Waals surface area (Å²) in [4.78, 5) is 2.47. The summed E-state index contributed by atoms with van der Waals surface area (Å²) in [5.74, 6) is 0. The Hall–Kier alpha value is -0.915. The summed E-state index contributed by atoms with van der Waals surface area (Å²) in [6, 6.07) is 6.73. The first-order chi connectivity index (χ1) is 7.19. The molecule has 0 aliphatic carbocycles. The Morgan fingerprint density at radius 3 is 2.53 bits per heavy atom. The van der Waals surface area contributed by atoms with Gasteiger partial charge in [-0.2, -0.15) is 0 Å². The van der Waals surface area contributed by atoms with Gasteiger partial charge in [0.1, 0.15) is 7.85 Å². The number of aryl methyl sites for hydroxylation is 1. The summed E-state index contributed by atoms with van der Waals surface area (Å²) < 4.78 is 0. The fourth-order valence-corrected chi connectivity index (χ4v) is 1.96. The van der Waals surface area contributed by atoms with Gasteiger partial charge in [0.2, 0.25) is 0 Å². The van der Waals surface area contributed by atoms with Crippen molar-refractivity contribution < 1.29 is 0 Å². The average Bonchev–Trinajstić information content (AvgIpc) is 2.21. The highest BCUT2D eigenvalue weighted by Gasteiger charge is 2.06. The van der Waals surface area contributed by atoms with Crippen molar-refractivity contribution in [1.82, 2.24) is 0 Å². The van der Waals surface area contributed by atoms with Crippen molar-refractivity contribution in [2.75, 3.05) is 18.0 Å². The van der Waals surface area contributed by atoms with E-state index < -0.39 is 0 Å². The Labute approximate surface area is 94.9 Å². The second-order valence-corrected chi connectivity index (χ2v) is 4.22. The van der Waals surface area contributed by atoms with Gasteiger partial charge in [0.25, 0.3) is 0 Å². The van der Waals surface area contributed by atoms with Gasteiger partial charge in [0, 0.05) is 18.8 Å². The fraction of sp³-hybridized carbons (Fsp3) is 0.538. The molecule has 0 radical (unpaired) electrons. The largest absolute Gasteiger partial charge is 0.372 e. The molecule has 1 aromatic rings. The van der Waals surface area contributed by atoms with E-state index in [-0.39, 0.29) is 0 Å². The zero-order chi connectivity index (χ0) is 11.3. The topological polar surface area (TPSA) is 3.24 Å². The van der Waals surface area contributed by atoms with E-state index in [0.717, 1.165) is 6.54 Å². The lowest BCUT2D eigenvalue weighted by molar-refractivity contribution is 0.730. The molecule has 0 spiro atoms. The molecule has 0 saturated heterocycles. The van der Waals surface area contributed by atoms with Crippen LogP contribution in [-0.4, -0.2) is 20.9 Å². The molecule has 1 nitrogen and oxygen atoms in total. The third-order valence-electron chi connectivity index (χ3n) is 2.86. The summed E-state index contributed by atoms with van der Waals surface area (Å²) in [5, 5.41) is 0. The van der Waals surface area contributed by atoms with Gasteiger partial charge in [-0.25, -0.2) is 0 Å². The van der Waals surface area contributed by atoms with E-state index in [1.807, 2.05) is 0 Å². The lowest BCUT2D eigenvalue weighted by Gasteiger charge is -2.25. The molecular formula is C13H22BN. The smallest absolute Gasteiger partial charge is 0.139 e. The Morgan fingerprint density at radius 2 is 2.00 bits per heavy atom. The molecule has 82 valence electrons. The highest BCUT2D eigenvalue weighted by Crippen LogP contribution is 2.18. The molecule has 15 heavy (non-hydrogen) atoms. The molecule has 0 unspecified atom stereocenters. The van der Waals surface area contributed by atoms with E-state index in [4.69, 9.17) is 0 Å². The Kier molecular flexibility index (Phi) is 4.74. The van der Waals surface area contributed by atoms with Gasteiger partial charge in [-0.15, -0.1) is 0 Å². The first-order valence-electron chi connectivity index (χ1n) is 6.01. The molecule has 0 aromatic heterocycles. The summed E-state index contributed by atoms with van der Waals surface area (Å²) in [5.41, 5.74) is 4.15. The van der Waals surface area contributed by atoms with Gasteiger partial charge < -0.3 is 4.90 Å². The normalized spacial score (nSPS) is 10.3. The molecule has 0 saturated carbocycles. The number of hydrogen-bond acceptors (Lipinski definition) is 1. The Balaban J connectivity index is 2.81. The van der Waals surface area contributed by atoms with Gasteiger partial charge in [-0.1, -0.05) is 30.9 Å². The van der Waals surface area contributed by atoms with Crippen LogP contribution >= 0.6 is 0 Å². The van der Waals surface area contributed by atoms with Crippen LogP contribution in [-0.2, 0) is 0 Å². The third kappa shape index (κ3) is 3.30. The van der Waals surface area contributed by atoms with E-state index >= 15 is 0 Å². The Bertz CT molecular complexity index is 309. The standard InChI is InChI=1S/C13H22BN/c1-4-6-9-15(5-2)13-8-7-12(14)10-11(13)3/h7-8,10H,4-6,9,14H2,1-3H3. The summed E-state index contributed by atoms with van der Waals surface area (Å²) in [7, 11) is 2.15. The first-order valence-corrected chi connectivity index (χ1v) is 6.01. The van der Waals surface area contributed by atoms with Gasteiger partial charge in [-0.3, -0.25) is 0 Å². The minimum atomic E-state index is 1.10. The number of hydrogen-bond donors (Lipinski definition) is 0. The summed E-state index contributed by atoms with van der Waals surface area (Å²) >= 11 is 0. The number of nitrogens with zero attached hydrogens (tertiary/aromatic N) is 1. The molecule has 0 amide bonds. The van der Waals surface area contributed by atoms with Crippen molar-refractivity contribution in [1.29, 1.82) is 0 Å². The molecule has 0 aliphatic heterocycles. The van der Waals surface area contributed by atoms with Gasteiger partial charge >= 0.3 is 0 Å². The van der Waals surface area contributed by atoms with Crippen molar-refractivity contribution in [2.45, 2.75) is 33.6 Å². The van der Waals surface area contributed by atoms with Crippen LogP contribution in [0.25, 0.3) is 0 Å².